The SMILES string of the molecule is Nc1cccc(Oc2ccc(C=Cc3ccc(Oc4cccc(N)c4)cc3)cc2)c1. The first kappa shape index (κ1) is 19.2. The van der Waals surface area contributed by atoms with Gasteiger partial charge in [0.05, 0.1) is 0 Å². The minimum absolute atomic E-state index is 0.677. The third kappa shape index (κ3) is 5.20. The number of rotatable bonds is 6. The second-order valence-corrected chi connectivity index (χ2v) is 6.82. The summed E-state index contributed by atoms with van der Waals surface area (Å²) in [5, 5.41) is 0. The zero-order chi connectivity index (χ0) is 20.8. The van der Waals surface area contributed by atoms with Crippen molar-refractivity contribution in [3.63, 3.8) is 0 Å². The van der Waals surface area contributed by atoms with Crippen LogP contribution in [0.3, 0.4) is 0 Å². The van der Waals surface area contributed by atoms with Crippen molar-refractivity contribution in [3.05, 3.63) is 108 Å². The molecule has 0 atom stereocenters. The van der Waals surface area contributed by atoms with Crippen molar-refractivity contribution in [2.24, 2.45) is 0 Å². The van der Waals surface area contributed by atoms with E-state index in [1.807, 2.05) is 84.9 Å². The number of hydrogen-bond donors (Lipinski definition) is 2. The summed E-state index contributed by atoms with van der Waals surface area (Å²) in [5.74, 6) is 2.97. The van der Waals surface area contributed by atoms with Gasteiger partial charge < -0.3 is 20.9 Å². The summed E-state index contributed by atoms with van der Waals surface area (Å²) in [7, 11) is 0. The molecule has 4 aromatic rings. The first-order valence-corrected chi connectivity index (χ1v) is 9.59. The van der Waals surface area contributed by atoms with E-state index in [-0.39, 0.29) is 0 Å². The topological polar surface area (TPSA) is 70.5 Å². The number of nitrogen functional groups attached to an aromatic ring is 2. The Kier molecular flexibility index (Phi) is 5.67. The highest BCUT2D eigenvalue weighted by molar-refractivity contribution is 5.70. The molecule has 0 heterocycles. The Bertz CT molecular complexity index is 1060. The number of ether oxygens (including phenoxy) is 2. The maximum atomic E-state index is 5.82. The molecule has 0 fully saturated rings. The number of hydrogen-bond acceptors (Lipinski definition) is 4. The minimum atomic E-state index is 0.677. The number of anilines is 2. The Hall–Kier alpha value is -4.18. The monoisotopic (exact) mass is 394 g/mol. The van der Waals surface area contributed by atoms with E-state index in [0.29, 0.717) is 11.4 Å². The van der Waals surface area contributed by atoms with Crippen molar-refractivity contribution in [1.29, 1.82) is 0 Å². The van der Waals surface area contributed by atoms with Crippen molar-refractivity contribution >= 4 is 23.5 Å². The molecule has 4 rings (SSSR count). The smallest absolute Gasteiger partial charge is 0.129 e. The lowest BCUT2D eigenvalue weighted by molar-refractivity contribution is 0.482. The second kappa shape index (κ2) is 8.88. The lowest BCUT2D eigenvalue weighted by atomic mass is 10.1. The number of nitrogens with two attached hydrogens (primary N) is 2. The average molecular weight is 394 g/mol. The van der Waals surface area contributed by atoms with E-state index in [2.05, 4.69) is 12.2 Å². The fourth-order valence-corrected chi connectivity index (χ4v) is 2.91. The van der Waals surface area contributed by atoms with Crippen LogP contribution in [0.25, 0.3) is 12.2 Å². The van der Waals surface area contributed by atoms with E-state index in [0.717, 1.165) is 34.1 Å². The van der Waals surface area contributed by atoms with Crippen LogP contribution in [0.5, 0.6) is 23.0 Å². The molecule has 0 aliphatic rings. The summed E-state index contributed by atoms with van der Waals surface area (Å²) in [6.45, 7) is 0. The third-order valence-electron chi connectivity index (χ3n) is 4.42. The van der Waals surface area contributed by atoms with Gasteiger partial charge in [-0.25, -0.2) is 0 Å². The van der Waals surface area contributed by atoms with E-state index < -0.39 is 0 Å². The molecule has 148 valence electrons. The predicted octanol–water partition coefficient (Wildman–Crippen LogP) is 6.61. The molecule has 0 aliphatic carbocycles. The summed E-state index contributed by atoms with van der Waals surface area (Å²) >= 11 is 0. The van der Waals surface area contributed by atoms with Crippen LogP contribution in [0.2, 0.25) is 0 Å². The van der Waals surface area contributed by atoms with E-state index in [1.54, 1.807) is 12.1 Å². The Morgan fingerprint density at radius 3 is 1.23 bits per heavy atom. The summed E-state index contributed by atoms with van der Waals surface area (Å²) in [6, 6.07) is 30.5. The molecule has 0 bridgehead atoms. The molecule has 4 heteroatoms. The molecule has 4 nitrogen and oxygen atoms in total. The largest absolute Gasteiger partial charge is 0.457 e. The van der Waals surface area contributed by atoms with Crippen LogP contribution in [-0.2, 0) is 0 Å². The minimum Gasteiger partial charge on any atom is -0.457 e. The molecular weight excluding hydrogens is 372 g/mol. The van der Waals surface area contributed by atoms with Gasteiger partial charge in [-0.1, -0.05) is 48.6 Å². The third-order valence-corrected chi connectivity index (χ3v) is 4.42. The van der Waals surface area contributed by atoms with Crippen LogP contribution >= 0.6 is 0 Å². The van der Waals surface area contributed by atoms with Gasteiger partial charge in [-0.2, -0.15) is 0 Å². The van der Waals surface area contributed by atoms with Crippen LogP contribution in [0.15, 0.2) is 97.1 Å². The summed E-state index contributed by atoms with van der Waals surface area (Å²) in [4.78, 5) is 0. The molecule has 0 spiro atoms. The molecule has 0 radical (unpaired) electrons. The average Bonchev–Trinajstić information content (AvgIpc) is 2.74. The van der Waals surface area contributed by atoms with Gasteiger partial charge >= 0.3 is 0 Å². The maximum Gasteiger partial charge on any atom is 0.129 e. The predicted molar refractivity (Wildman–Crippen MR) is 124 cm³/mol. The van der Waals surface area contributed by atoms with Gasteiger partial charge in [-0.3, -0.25) is 0 Å². The van der Waals surface area contributed by atoms with Crippen LogP contribution in [0.4, 0.5) is 11.4 Å². The van der Waals surface area contributed by atoms with Crippen molar-refractivity contribution < 1.29 is 9.47 Å². The van der Waals surface area contributed by atoms with E-state index in [4.69, 9.17) is 20.9 Å². The Morgan fingerprint density at radius 2 is 0.867 bits per heavy atom. The molecule has 0 saturated heterocycles. The fourth-order valence-electron chi connectivity index (χ4n) is 2.91. The van der Waals surface area contributed by atoms with Crippen molar-refractivity contribution in [2.75, 3.05) is 11.5 Å². The van der Waals surface area contributed by atoms with Crippen molar-refractivity contribution in [3.8, 4) is 23.0 Å². The highest BCUT2D eigenvalue weighted by atomic mass is 16.5. The normalized spacial score (nSPS) is 10.8. The molecule has 0 amide bonds. The summed E-state index contributed by atoms with van der Waals surface area (Å²) in [5.41, 5.74) is 15.1. The van der Waals surface area contributed by atoms with Crippen LogP contribution in [0.1, 0.15) is 11.1 Å². The summed E-state index contributed by atoms with van der Waals surface area (Å²) in [6.07, 6.45) is 4.11. The zero-order valence-electron chi connectivity index (χ0n) is 16.4. The lowest BCUT2D eigenvalue weighted by Crippen LogP contribution is -1.87. The van der Waals surface area contributed by atoms with Gasteiger partial charge in [0.25, 0.3) is 0 Å². The van der Waals surface area contributed by atoms with Gasteiger partial charge in [0.2, 0.25) is 0 Å². The van der Waals surface area contributed by atoms with Crippen LogP contribution < -0.4 is 20.9 Å². The molecule has 0 saturated carbocycles. The van der Waals surface area contributed by atoms with E-state index >= 15 is 0 Å². The lowest BCUT2D eigenvalue weighted by Gasteiger charge is -2.07. The second-order valence-electron chi connectivity index (χ2n) is 6.82. The first-order chi connectivity index (χ1) is 14.6. The quantitative estimate of drug-likeness (QED) is 0.285. The highest BCUT2D eigenvalue weighted by Gasteiger charge is 1.99. The van der Waals surface area contributed by atoms with Gasteiger partial charge in [-0.15, -0.1) is 0 Å². The molecular formula is C26H22N2O2. The molecule has 30 heavy (non-hydrogen) atoms. The Balaban J connectivity index is 1.37. The standard InChI is InChI=1S/C26H22N2O2/c27-21-3-1-5-25(17-21)29-23-13-9-19(10-14-23)7-8-20-11-15-24(16-12-20)30-26-6-2-4-22(28)18-26/h1-18H,27-28H2. The van der Waals surface area contributed by atoms with E-state index in [9.17, 15) is 0 Å². The van der Waals surface area contributed by atoms with Crippen LogP contribution in [-0.4, -0.2) is 0 Å². The van der Waals surface area contributed by atoms with E-state index in [1.165, 1.54) is 0 Å². The van der Waals surface area contributed by atoms with Crippen molar-refractivity contribution in [1.82, 2.24) is 0 Å². The molecule has 4 aromatic carbocycles. The summed E-state index contributed by atoms with van der Waals surface area (Å²) < 4.78 is 11.6. The molecule has 4 N–H and O–H groups in total. The highest BCUT2D eigenvalue weighted by Crippen LogP contribution is 2.25. The molecule has 0 aliphatic heterocycles. The Labute approximate surface area is 176 Å². The first-order valence-electron chi connectivity index (χ1n) is 9.59. The zero-order valence-corrected chi connectivity index (χ0v) is 16.4. The molecule has 0 aromatic heterocycles. The van der Waals surface area contributed by atoms with Gasteiger partial charge in [0.1, 0.15) is 23.0 Å². The van der Waals surface area contributed by atoms with Gasteiger partial charge in [0.15, 0.2) is 0 Å². The van der Waals surface area contributed by atoms with Gasteiger partial charge in [0, 0.05) is 23.5 Å². The Morgan fingerprint density at radius 1 is 0.467 bits per heavy atom. The molecule has 0 unspecified atom stereocenters. The number of benzene rings is 4. The van der Waals surface area contributed by atoms with Gasteiger partial charge in [-0.05, 0) is 59.7 Å². The van der Waals surface area contributed by atoms with Crippen LogP contribution in [0, 0.1) is 0 Å². The van der Waals surface area contributed by atoms with Crippen molar-refractivity contribution in [2.45, 2.75) is 0 Å². The fraction of sp³-hybridized carbons (Fsp3) is 0. The maximum absolute atomic E-state index is 5.82.